The van der Waals surface area contributed by atoms with Crippen molar-refractivity contribution < 1.29 is 0 Å². The van der Waals surface area contributed by atoms with Crippen molar-refractivity contribution in [3.05, 3.63) is 66.4 Å². The fraction of sp³-hybridized carbons (Fsp3) is 0.562. The Kier molecular flexibility index (Phi) is 16.4. The lowest BCUT2D eigenvalue weighted by molar-refractivity contribution is 0.252. The molecular formula is C32H53N7. The van der Waals surface area contributed by atoms with Crippen molar-refractivity contribution in [3.63, 3.8) is 0 Å². The number of hydrogen-bond acceptors (Lipinski definition) is 6. The highest BCUT2D eigenvalue weighted by atomic mass is 15.2. The van der Waals surface area contributed by atoms with Gasteiger partial charge in [0, 0.05) is 87.6 Å². The molecule has 5 aliphatic heterocycles. The summed E-state index contributed by atoms with van der Waals surface area (Å²) in [6.07, 6.45) is 24.3. The van der Waals surface area contributed by atoms with E-state index in [1.807, 2.05) is 45.4 Å². The smallest absolute Gasteiger partial charge is 0.0577 e. The van der Waals surface area contributed by atoms with Crippen molar-refractivity contribution >= 4 is 17.6 Å². The summed E-state index contributed by atoms with van der Waals surface area (Å²) in [5.74, 6) is 0. The van der Waals surface area contributed by atoms with Crippen LogP contribution in [0.2, 0.25) is 0 Å². The summed E-state index contributed by atoms with van der Waals surface area (Å²) in [4.78, 5) is 16.7. The second kappa shape index (κ2) is 18.9. The minimum Gasteiger partial charge on any atom is -0.378 e. The van der Waals surface area contributed by atoms with Crippen LogP contribution in [0.1, 0.15) is 73.6 Å². The molecule has 1 aromatic rings. The summed E-state index contributed by atoms with van der Waals surface area (Å²) in [5.41, 5.74) is 5.42. The summed E-state index contributed by atoms with van der Waals surface area (Å²) in [6, 6.07) is 1.89. The lowest BCUT2D eigenvalue weighted by Gasteiger charge is -2.28. The first-order valence-corrected chi connectivity index (χ1v) is 14.1. The molecular weight excluding hydrogens is 482 g/mol. The quantitative estimate of drug-likeness (QED) is 0.364. The van der Waals surface area contributed by atoms with E-state index >= 15 is 0 Å². The van der Waals surface area contributed by atoms with Crippen LogP contribution in [0, 0.1) is 0 Å². The van der Waals surface area contributed by atoms with Crippen molar-refractivity contribution in [2.75, 3.05) is 33.7 Å². The lowest BCUT2D eigenvalue weighted by atomic mass is 10.0. The number of allylic oxidation sites excluding steroid dienone is 4. The Morgan fingerprint density at radius 3 is 1.87 bits per heavy atom. The van der Waals surface area contributed by atoms with Gasteiger partial charge in [-0.05, 0) is 85.6 Å². The second-order valence-corrected chi connectivity index (χ2v) is 10.7. The second-order valence-electron chi connectivity index (χ2n) is 10.7. The van der Waals surface area contributed by atoms with Crippen LogP contribution in [0.15, 0.2) is 81.4 Å². The zero-order valence-electron chi connectivity index (χ0n) is 26.1. The van der Waals surface area contributed by atoms with Gasteiger partial charge in [-0.25, -0.2) is 0 Å². The van der Waals surface area contributed by atoms with Crippen LogP contribution in [0.3, 0.4) is 0 Å². The van der Waals surface area contributed by atoms with E-state index in [0.29, 0.717) is 5.54 Å². The minimum absolute atomic E-state index is 0.375. The van der Waals surface area contributed by atoms with Gasteiger partial charge in [-0.3, -0.25) is 19.7 Å². The molecule has 6 rings (SSSR count). The number of aromatic nitrogens is 2. The van der Waals surface area contributed by atoms with Gasteiger partial charge in [-0.15, -0.1) is 0 Å². The van der Waals surface area contributed by atoms with Gasteiger partial charge in [0.25, 0.3) is 0 Å². The lowest BCUT2D eigenvalue weighted by Crippen LogP contribution is -2.32. The molecule has 1 aromatic heterocycles. The first kappa shape index (κ1) is 33.8. The van der Waals surface area contributed by atoms with Crippen LogP contribution < -0.4 is 0 Å². The topological polar surface area (TPSA) is 61.4 Å². The Hall–Kier alpha value is -3.22. The monoisotopic (exact) mass is 535 g/mol. The van der Waals surface area contributed by atoms with E-state index in [1.165, 1.54) is 43.6 Å². The SMILES string of the molecule is CC1=CCC=N1.CC1=CCCN1C.CC1=NCC=C1.CC1=NCCC1.CN1C=CCC1(C)C.Cn1cccn1. The number of rotatable bonds is 0. The van der Waals surface area contributed by atoms with E-state index in [9.17, 15) is 0 Å². The third-order valence-corrected chi connectivity index (χ3v) is 6.74. The molecule has 0 saturated carbocycles. The van der Waals surface area contributed by atoms with Gasteiger partial charge in [-0.1, -0.05) is 24.3 Å². The third-order valence-electron chi connectivity index (χ3n) is 6.74. The molecule has 0 amide bonds. The van der Waals surface area contributed by atoms with Crippen LogP contribution in [0.4, 0.5) is 0 Å². The number of hydrogen-bond donors (Lipinski definition) is 0. The molecule has 0 bridgehead atoms. The molecule has 0 aliphatic carbocycles. The van der Waals surface area contributed by atoms with Crippen molar-refractivity contribution in [3.8, 4) is 0 Å². The summed E-state index contributed by atoms with van der Waals surface area (Å²) in [6.45, 7) is 15.9. The number of nitrogens with zero attached hydrogens (tertiary/aromatic N) is 7. The van der Waals surface area contributed by atoms with Crippen LogP contribution in [-0.2, 0) is 7.05 Å². The number of aryl methyl sites for hydroxylation is 1. The first-order valence-electron chi connectivity index (χ1n) is 14.1. The predicted molar refractivity (Wildman–Crippen MR) is 171 cm³/mol. The summed E-state index contributed by atoms with van der Waals surface area (Å²) in [5, 5.41) is 3.83. The van der Waals surface area contributed by atoms with Crippen LogP contribution in [0.25, 0.3) is 0 Å². The number of aliphatic imine (C=N–C) groups is 3. The Labute approximate surface area is 238 Å². The molecule has 0 fully saturated rings. The maximum atomic E-state index is 4.15. The Balaban J connectivity index is 0.000000235. The van der Waals surface area contributed by atoms with Crippen molar-refractivity contribution in [2.45, 2.75) is 79.2 Å². The van der Waals surface area contributed by atoms with Gasteiger partial charge in [0.2, 0.25) is 0 Å². The van der Waals surface area contributed by atoms with Crippen molar-refractivity contribution in [2.24, 2.45) is 22.0 Å². The molecule has 0 spiro atoms. The highest BCUT2D eigenvalue weighted by molar-refractivity contribution is 5.94. The van der Waals surface area contributed by atoms with Gasteiger partial charge >= 0.3 is 0 Å². The largest absolute Gasteiger partial charge is 0.378 e. The Morgan fingerprint density at radius 2 is 1.72 bits per heavy atom. The Bertz CT molecular complexity index is 987. The molecule has 0 radical (unpaired) electrons. The predicted octanol–water partition coefficient (Wildman–Crippen LogP) is 6.88. The average molecular weight is 536 g/mol. The molecule has 7 nitrogen and oxygen atoms in total. The van der Waals surface area contributed by atoms with E-state index in [2.05, 4.69) is 102 Å². The summed E-state index contributed by atoms with van der Waals surface area (Å²) < 4.78 is 1.75. The van der Waals surface area contributed by atoms with E-state index in [4.69, 9.17) is 0 Å². The third kappa shape index (κ3) is 16.4. The molecule has 0 aromatic carbocycles. The van der Waals surface area contributed by atoms with Gasteiger partial charge in [0.05, 0.1) is 6.54 Å². The Morgan fingerprint density at radius 1 is 0.949 bits per heavy atom. The van der Waals surface area contributed by atoms with Crippen LogP contribution in [0.5, 0.6) is 0 Å². The average Bonchev–Trinajstić information content (AvgIpc) is 3.72. The maximum Gasteiger partial charge on any atom is 0.0577 e. The molecule has 7 heteroatoms. The van der Waals surface area contributed by atoms with E-state index in [1.54, 1.807) is 10.9 Å². The fourth-order valence-electron chi connectivity index (χ4n) is 3.62. The molecule has 0 saturated heterocycles. The molecule has 0 N–H and O–H groups in total. The zero-order chi connectivity index (χ0) is 29.1. The van der Waals surface area contributed by atoms with Crippen LogP contribution >= 0.6 is 0 Å². The molecule has 6 heterocycles. The van der Waals surface area contributed by atoms with E-state index in [-0.39, 0.29) is 0 Å². The van der Waals surface area contributed by atoms with Crippen molar-refractivity contribution in [1.82, 2.24) is 19.6 Å². The first-order chi connectivity index (χ1) is 18.5. The molecule has 0 atom stereocenters. The highest BCUT2D eigenvalue weighted by Gasteiger charge is 2.22. The van der Waals surface area contributed by atoms with Gasteiger partial charge < -0.3 is 9.80 Å². The van der Waals surface area contributed by atoms with Gasteiger partial charge in [0.15, 0.2) is 0 Å². The fourth-order valence-corrected chi connectivity index (χ4v) is 3.62. The zero-order valence-corrected chi connectivity index (χ0v) is 26.1. The van der Waals surface area contributed by atoms with E-state index < -0.39 is 0 Å². The summed E-state index contributed by atoms with van der Waals surface area (Å²) >= 11 is 0. The summed E-state index contributed by atoms with van der Waals surface area (Å²) in [7, 11) is 6.13. The van der Waals surface area contributed by atoms with Crippen molar-refractivity contribution in [1.29, 1.82) is 0 Å². The normalized spacial score (nSPS) is 19.0. The molecule has 216 valence electrons. The van der Waals surface area contributed by atoms with E-state index in [0.717, 1.165) is 30.9 Å². The molecule has 0 unspecified atom stereocenters. The maximum absolute atomic E-state index is 4.15. The molecule has 5 aliphatic rings. The highest BCUT2D eigenvalue weighted by Crippen LogP contribution is 2.23. The van der Waals surface area contributed by atoms with Gasteiger partial charge in [0.1, 0.15) is 0 Å². The molecule has 39 heavy (non-hydrogen) atoms. The van der Waals surface area contributed by atoms with Gasteiger partial charge in [-0.2, -0.15) is 5.10 Å². The standard InChI is InChI=1S/C7H13N.C6H11N.C5H9N.2C5H7N.C4H6N2/c1-7(2)5-4-6-8(7)3;1-6-4-3-5-7(6)2;3*1-5-3-2-4-6-5;1-6-4-2-3-5-6/h4,6H,5H2,1-3H3;4H,3,5H2,1-2H3;2-4H2,1H3;3-4H,2H2,1H3;2-3H,4H2,1H3;2-4H,1H3. The van der Waals surface area contributed by atoms with Crippen LogP contribution in [-0.4, -0.2) is 76.5 Å². The minimum atomic E-state index is 0.375.